The third-order valence-electron chi connectivity index (χ3n) is 6.67. The number of rotatable bonds is 2. The minimum atomic E-state index is -0.903. The lowest BCUT2D eigenvalue weighted by Gasteiger charge is -2.37. The molecule has 0 N–H and O–H groups in total. The fraction of sp³-hybridized carbons (Fsp3) is 0.375. The van der Waals surface area contributed by atoms with E-state index in [0.29, 0.717) is 44.3 Å². The predicted molar refractivity (Wildman–Crippen MR) is 111 cm³/mol. The molecule has 7 heteroatoms. The molecule has 3 aliphatic rings. The standard InChI is InChI=1S/C24H22FN3O3/c1-26-19-15-17(7-8-18(19)25)20-9-10-21-28(20)23(30)24(31-21)11-13-27(14-12-24)22(29)16-5-3-2-4-6-16/h2-8,15,20-21H,9-14H2/t20-,21+/m0/s1. The molecule has 158 valence electrons. The molecule has 0 radical (unpaired) electrons. The minimum absolute atomic E-state index is 0.0303. The zero-order chi connectivity index (χ0) is 21.6. The number of amides is 2. The molecular formula is C24H22FN3O3. The maximum atomic E-state index is 13.8. The summed E-state index contributed by atoms with van der Waals surface area (Å²) in [5, 5.41) is 0. The summed E-state index contributed by atoms with van der Waals surface area (Å²) in [4.78, 5) is 33.0. The van der Waals surface area contributed by atoms with Crippen molar-refractivity contribution in [2.24, 2.45) is 0 Å². The molecule has 3 fully saturated rings. The number of piperidine rings is 1. The number of halogens is 1. The average molecular weight is 419 g/mol. The normalized spacial score (nSPS) is 24.3. The van der Waals surface area contributed by atoms with Gasteiger partial charge in [-0.25, -0.2) is 9.24 Å². The first-order valence-electron chi connectivity index (χ1n) is 10.5. The molecule has 2 amide bonds. The molecule has 1 spiro atoms. The van der Waals surface area contributed by atoms with Crippen molar-refractivity contribution < 1.29 is 18.7 Å². The highest BCUT2D eigenvalue weighted by Gasteiger charge is 2.58. The van der Waals surface area contributed by atoms with E-state index in [2.05, 4.69) is 4.85 Å². The molecule has 2 aromatic carbocycles. The summed E-state index contributed by atoms with van der Waals surface area (Å²) in [6.07, 6.45) is 2.03. The zero-order valence-corrected chi connectivity index (χ0v) is 17.0. The topological polar surface area (TPSA) is 54.2 Å². The second kappa shape index (κ2) is 7.47. The number of benzene rings is 2. The van der Waals surface area contributed by atoms with E-state index in [1.54, 1.807) is 28.0 Å². The van der Waals surface area contributed by atoms with Crippen LogP contribution in [0.1, 0.15) is 47.6 Å². The molecule has 2 aromatic rings. The van der Waals surface area contributed by atoms with Gasteiger partial charge in [0.1, 0.15) is 12.0 Å². The largest absolute Gasteiger partial charge is 0.342 e. The van der Waals surface area contributed by atoms with Crippen LogP contribution in [0.25, 0.3) is 4.85 Å². The van der Waals surface area contributed by atoms with Crippen LogP contribution >= 0.6 is 0 Å². The van der Waals surface area contributed by atoms with Crippen LogP contribution in [-0.4, -0.2) is 46.5 Å². The second-order valence-corrected chi connectivity index (χ2v) is 8.35. The van der Waals surface area contributed by atoms with Crippen molar-refractivity contribution in [3.8, 4) is 0 Å². The van der Waals surface area contributed by atoms with Gasteiger partial charge in [0.25, 0.3) is 11.8 Å². The summed E-state index contributed by atoms with van der Waals surface area (Å²) < 4.78 is 20.1. The van der Waals surface area contributed by atoms with Crippen molar-refractivity contribution in [3.63, 3.8) is 0 Å². The Morgan fingerprint density at radius 2 is 1.87 bits per heavy atom. The quantitative estimate of drug-likeness (QED) is 0.690. The number of hydrogen-bond donors (Lipinski definition) is 0. The summed E-state index contributed by atoms with van der Waals surface area (Å²) in [5.41, 5.74) is 0.473. The van der Waals surface area contributed by atoms with E-state index in [0.717, 1.165) is 5.56 Å². The number of ether oxygens (including phenoxy) is 1. The van der Waals surface area contributed by atoms with Gasteiger partial charge in [0.15, 0.2) is 5.60 Å². The maximum absolute atomic E-state index is 13.8. The molecule has 3 saturated heterocycles. The molecule has 6 nitrogen and oxygen atoms in total. The Labute approximate surface area is 180 Å². The molecule has 3 heterocycles. The second-order valence-electron chi connectivity index (χ2n) is 8.35. The van der Waals surface area contributed by atoms with Gasteiger partial charge in [0.05, 0.1) is 12.6 Å². The van der Waals surface area contributed by atoms with Crippen LogP contribution < -0.4 is 0 Å². The SMILES string of the molecule is [C-]#[N+]c1cc([C@@H]2CC[C@H]3OC4(CCN(C(=O)c5ccccc5)CC4)C(=O)N32)ccc1F. The van der Waals surface area contributed by atoms with E-state index in [1.165, 1.54) is 12.1 Å². The van der Waals surface area contributed by atoms with Crippen LogP contribution in [0.4, 0.5) is 10.1 Å². The van der Waals surface area contributed by atoms with Crippen molar-refractivity contribution in [3.05, 3.63) is 76.9 Å². The summed E-state index contributed by atoms with van der Waals surface area (Å²) in [6.45, 7) is 8.08. The Balaban J connectivity index is 1.32. The fourth-order valence-electron chi connectivity index (χ4n) is 5.03. The predicted octanol–water partition coefficient (Wildman–Crippen LogP) is 4.07. The third-order valence-corrected chi connectivity index (χ3v) is 6.67. The number of carbonyl (C=O) groups excluding carboxylic acids is 2. The lowest BCUT2D eigenvalue weighted by molar-refractivity contribution is -0.142. The van der Waals surface area contributed by atoms with Crippen molar-refractivity contribution in [1.82, 2.24) is 9.80 Å². The van der Waals surface area contributed by atoms with Gasteiger partial charge in [-0.05, 0) is 42.7 Å². The first-order chi connectivity index (χ1) is 15.0. The molecule has 0 unspecified atom stereocenters. The molecule has 0 aliphatic carbocycles. The van der Waals surface area contributed by atoms with Crippen molar-refractivity contribution >= 4 is 17.5 Å². The molecule has 0 saturated carbocycles. The van der Waals surface area contributed by atoms with Crippen molar-refractivity contribution in [1.29, 1.82) is 0 Å². The van der Waals surface area contributed by atoms with Gasteiger partial charge in [-0.2, -0.15) is 0 Å². The Morgan fingerprint density at radius 1 is 1.13 bits per heavy atom. The van der Waals surface area contributed by atoms with Gasteiger partial charge in [-0.1, -0.05) is 24.3 Å². The Morgan fingerprint density at radius 3 is 2.58 bits per heavy atom. The Bertz CT molecular complexity index is 1070. The van der Waals surface area contributed by atoms with Gasteiger partial charge in [-0.3, -0.25) is 9.59 Å². The first-order valence-corrected chi connectivity index (χ1v) is 10.5. The van der Waals surface area contributed by atoms with Crippen LogP contribution in [-0.2, 0) is 9.53 Å². The van der Waals surface area contributed by atoms with Crippen molar-refractivity contribution in [2.45, 2.75) is 43.6 Å². The molecular weight excluding hydrogens is 397 g/mol. The number of nitrogens with zero attached hydrogens (tertiary/aromatic N) is 3. The van der Waals surface area contributed by atoms with Gasteiger partial charge < -0.3 is 14.5 Å². The summed E-state index contributed by atoms with van der Waals surface area (Å²) in [5.74, 6) is -0.637. The van der Waals surface area contributed by atoms with E-state index < -0.39 is 11.4 Å². The molecule has 31 heavy (non-hydrogen) atoms. The van der Waals surface area contributed by atoms with Crippen LogP contribution in [0.3, 0.4) is 0 Å². The number of likely N-dealkylation sites (tertiary alicyclic amines) is 1. The van der Waals surface area contributed by atoms with Gasteiger partial charge in [0, 0.05) is 31.5 Å². The molecule has 2 atom stereocenters. The highest BCUT2D eigenvalue weighted by Crippen LogP contribution is 2.48. The van der Waals surface area contributed by atoms with E-state index in [4.69, 9.17) is 11.3 Å². The van der Waals surface area contributed by atoms with E-state index in [9.17, 15) is 14.0 Å². The minimum Gasteiger partial charge on any atom is -0.342 e. The number of carbonyl (C=O) groups is 2. The molecule has 5 rings (SSSR count). The molecule has 3 aliphatic heterocycles. The van der Waals surface area contributed by atoms with Crippen LogP contribution in [0.2, 0.25) is 0 Å². The Hall–Kier alpha value is -3.24. The van der Waals surface area contributed by atoms with Crippen LogP contribution in [0, 0.1) is 12.4 Å². The average Bonchev–Trinajstić information content (AvgIpc) is 3.33. The van der Waals surface area contributed by atoms with Crippen molar-refractivity contribution in [2.75, 3.05) is 13.1 Å². The smallest absolute Gasteiger partial charge is 0.257 e. The molecule has 0 bridgehead atoms. The maximum Gasteiger partial charge on any atom is 0.257 e. The van der Waals surface area contributed by atoms with E-state index in [-0.39, 0.29) is 29.8 Å². The van der Waals surface area contributed by atoms with Crippen LogP contribution in [0.15, 0.2) is 48.5 Å². The first kappa shape index (κ1) is 19.7. The van der Waals surface area contributed by atoms with E-state index >= 15 is 0 Å². The summed E-state index contributed by atoms with van der Waals surface area (Å²) >= 11 is 0. The van der Waals surface area contributed by atoms with Gasteiger partial charge in [-0.15, -0.1) is 0 Å². The highest BCUT2D eigenvalue weighted by molar-refractivity contribution is 5.95. The lowest BCUT2D eigenvalue weighted by Crippen LogP contribution is -2.51. The monoisotopic (exact) mass is 419 g/mol. The van der Waals surface area contributed by atoms with E-state index in [1.807, 2.05) is 18.2 Å². The summed E-state index contributed by atoms with van der Waals surface area (Å²) in [7, 11) is 0. The number of hydrogen-bond acceptors (Lipinski definition) is 3. The summed E-state index contributed by atoms with van der Waals surface area (Å²) in [6, 6.07) is 13.4. The van der Waals surface area contributed by atoms with Gasteiger partial charge in [0.2, 0.25) is 5.69 Å². The van der Waals surface area contributed by atoms with Crippen LogP contribution in [0.5, 0.6) is 0 Å². The van der Waals surface area contributed by atoms with Gasteiger partial charge >= 0.3 is 0 Å². The highest BCUT2D eigenvalue weighted by atomic mass is 19.1. The third kappa shape index (κ3) is 3.19. The molecule has 0 aromatic heterocycles. The zero-order valence-electron chi connectivity index (χ0n) is 17.0. The Kier molecular flexibility index (Phi) is 4.75. The number of fused-ring (bicyclic) bond motifs is 1. The fourth-order valence-corrected chi connectivity index (χ4v) is 5.03. The lowest BCUT2D eigenvalue weighted by atomic mass is 9.89.